The van der Waals surface area contributed by atoms with Crippen LogP contribution in [0, 0.1) is 0 Å². The molecule has 2 aromatic rings. The highest BCUT2D eigenvalue weighted by Gasteiger charge is 2.39. The summed E-state index contributed by atoms with van der Waals surface area (Å²) in [7, 11) is 0. The number of carbonyl (C=O) groups is 3. The van der Waals surface area contributed by atoms with Crippen molar-refractivity contribution in [3.63, 3.8) is 0 Å². The first-order chi connectivity index (χ1) is 11.6. The van der Waals surface area contributed by atoms with Crippen molar-refractivity contribution < 1.29 is 19.2 Å². The van der Waals surface area contributed by atoms with Crippen molar-refractivity contribution in [2.75, 3.05) is 0 Å². The second-order valence-electron chi connectivity index (χ2n) is 5.49. The van der Waals surface area contributed by atoms with Gasteiger partial charge < -0.3 is 4.84 Å². The van der Waals surface area contributed by atoms with E-state index in [0.29, 0.717) is 9.94 Å². The van der Waals surface area contributed by atoms with E-state index in [-0.39, 0.29) is 11.1 Å². The Kier molecular flexibility index (Phi) is 4.49. The van der Waals surface area contributed by atoms with Crippen molar-refractivity contribution >= 4 is 29.1 Å². The lowest BCUT2D eigenvalue weighted by atomic mass is 10.1. The minimum atomic E-state index is -0.674. The largest absolute Gasteiger partial charge is 0.373 e. The lowest BCUT2D eigenvalue weighted by Gasteiger charge is -2.11. The molecule has 3 rings (SSSR count). The maximum Gasteiger partial charge on any atom is 0.373 e. The first-order valence-corrected chi connectivity index (χ1v) is 8.70. The Morgan fingerprint density at radius 3 is 2.29 bits per heavy atom. The van der Waals surface area contributed by atoms with Gasteiger partial charge in [-0.25, -0.2) is 4.79 Å². The van der Waals surface area contributed by atoms with Crippen LogP contribution < -0.4 is 0 Å². The van der Waals surface area contributed by atoms with E-state index in [4.69, 9.17) is 4.84 Å². The molecule has 0 aliphatic carbocycles. The van der Waals surface area contributed by atoms with E-state index in [9.17, 15) is 14.4 Å². The Labute approximate surface area is 143 Å². The Bertz CT molecular complexity index is 789. The number of carbonyl (C=O) groups excluding carboxylic acids is 3. The number of hydrogen-bond acceptors (Lipinski definition) is 5. The van der Waals surface area contributed by atoms with Crippen molar-refractivity contribution in [2.24, 2.45) is 0 Å². The van der Waals surface area contributed by atoms with Crippen molar-refractivity contribution in [3.05, 3.63) is 56.8 Å². The van der Waals surface area contributed by atoms with Gasteiger partial charge in [-0.05, 0) is 36.6 Å². The summed E-state index contributed by atoms with van der Waals surface area (Å²) in [6, 6.07) is 8.21. The van der Waals surface area contributed by atoms with Crippen LogP contribution in [0.1, 0.15) is 61.1 Å². The van der Waals surface area contributed by atoms with E-state index < -0.39 is 17.8 Å². The number of hydroxylamine groups is 2. The topological polar surface area (TPSA) is 63.7 Å². The highest BCUT2D eigenvalue weighted by Crippen LogP contribution is 2.27. The zero-order chi connectivity index (χ0) is 17.3. The first kappa shape index (κ1) is 16.4. The van der Waals surface area contributed by atoms with Gasteiger partial charge in [-0.2, -0.15) is 0 Å². The Morgan fingerprint density at radius 2 is 1.75 bits per heavy atom. The lowest BCUT2D eigenvalue weighted by Crippen LogP contribution is -2.32. The van der Waals surface area contributed by atoms with Gasteiger partial charge in [0.1, 0.15) is 4.88 Å². The van der Waals surface area contributed by atoms with E-state index >= 15 is 0 Å². The summed E-state index contributed by atoms with van der Waals surface area (Å²) in [5.74, 6) is -1.89. The molecule has 2 amide bonds. The Balaban J connectivity index is 1.81. The zero-order valence-corrected chi connectivity index (χ0v) is 14.3. The molecule has 0 fully saturated rings. The molecule has 2 heterocycles. The van der Waals surface area contributed by atoms with E-state index in [1.54, 1.807) is 30.3 Å². The predicted molar refractivity (Wildman–Crippen MR) is 90.0 cm³/mol. The molecule has 1 aromatic carbocycles. The fourth-order valence-electron chi connectivity index (χ4n) is 2.68. The lowest BCUT2D eigenvalue weighted by molar-refractivity contribution is -0.0581. The van der Waals surface area contributed by atoms with Crippen LogP contribution in [0.2, 0.25) is 0 Å². The zero-order valence-electron chi connectivity index (χ0n) is 13.5. The predicted octanol–water partition coefficient (Wildman–Crippen LogP) is 3.63. The van der Waals surface area contributed by atoms with Crippen LogP contribution in [0.3, 0.4) is 0 Å². The van der Waals surface area contributed by atoms with Crippen LogP contribution in [0.4, 0.5) is 0 Å². The Morgan fingerprint density at radius 1 is 1.12 bits per heavy atom. The molecule has 0 unspecified atom stereocenters. The van der Waals surface area contributed by atoms with Crippen LogP contribution in [-0.4, -0.2) is 22.8 Å². The number of fused-ring (bicyclic) bond motifs is 1. The van der Waals surface area contributed by atoms with Crippen LogP contribution in [0.5, 0.6) is 0 Å². The fourth-order valence-corrected chi connectivity index (χ4v) is 3.91. The van der Waals surface area contributed by atoms with Gasteiger partial charge in [0.2, 0.25) is 0 Å². The minimum Gasteiger partial charge on any atom is -0.323 e. The molecular formula is C18H17NO4S. The number of thiophene rings is 1. The van der Waals surface area contributed by atoms with Gasteiger partial charge in [0.05, 0.1) is 11.1 Å². The second-order valence-corrected chi connectivity index (χ2v) is 6.63. The van der Waals surface area contributed by atoms with Crippen LogP contribution in [0.25, 0.3) is 0 Å². The highest BCUT2D eigenvalue weighted by molar-refractivity contribution is 7.14. The summed E-state index contributed by atoms with van der Waals surface area (Å²) in [4.78, 5) is 43.5. The number of nitrogens with zero attached hydrogens (tertiary/aromatic N) is 1. The molecule has 0 saturated carbocycles. The number of amides is 2. The molecule has 1 aliphatic rings. The van der Waals surface area contributed by atoms with Crippen LogP contribution in [-0.2, 0) is 17.7 Å². The summed E-state index contributed by atoms with van der Waals surface area (Å²) >= 11 is 1.36. The number of aryl methyl sites for hydroxylation is 2. The van der Waals surface area contributed by atoms with Crippen molar-refractivity contribution in [1.29, 1.82) is 0 Å². The van der Waals surface area contributed by atoms with Crippen LogP contribution >= 0.6 is 11.3 Å². The number of hydrogen-bond donors (Lipinski definition) is 0. The van der Waals surface area contributed by atoms with Gasteiger partial charge >= 0.3 is 5.97 Å². The molecule has 0 atom stereocenters. The molecule has 5 nitrogen and oxygen atoms in total. The molecule has 1 aliphatic heterocycles. The van der Waals surface area contributed by atoms with Gasteiger partial charge in [0.25, 0.3) is 11.8 Å². The van der Waals surface area contributed by atoms with E-state index in [0.717, 1.165) is 29.7 Å². The smallest absolute Gasteiger partial charge is 0.323 e. The number of rotatable bonds is 5. The maximum atomic E-state index is 12.4. The molecule has 124 valence electrons. The molecule has 0 bridgehead atoms. The van der Waals surface area contributed by atoms with Gasteiger partial charge in [-0.1, -0.05) is 37.5 Å². The van der Waals surface area contributed by atoms with Crippen molar-refractivity contribution in [3.8, 4) is 0 Å². The third-order valence-electron chi connectivity index (χ3n) is 3.89. The van der Waals surface area contributed by atoms with E-state index in [1.165, 1.54) is 11.3 Å². The molecule has 0 saturated heterocycles. The minimum absolute atomic E-state index is 0.252. The quantitative estimate of drug-likeness (QED) is 0.778. The van der Waals surface area contributed by atoms with Gasteiger partial charge in [-0.3, -0.25) is 9.59 Å². The normalized spacial score (nSPS) is 13.3. The monoisotopic (exact) mass is 343 g/mol. The molecule has 0 N–H and O–H groups in total. The average Bonchev–Trinajstić information content (AvgIpc) is 3.11. The summed E-state index contributed by atoms with van der Waals surface area (Å²) in [5, 5.41) is 0.553. The third-order valence-corrected chi connectivity index (χ3v) is 5.10. The van der Waals surface area contributed by atoms with E-state index in [1.807, 2.05) is 6.92 Å². The van der Waals surface area contributed by atoms with Gasteiger partial charge in [0.15, 0.2) is 0 Å². The maximum absolute atomic E-state index is 12.4. The summed E-state index contributed by atoms with van der Waals surface area (Å²) in [6.07, 6.45) is 2.71. The average molecular weight is 343 g/mol. The molecule has 0 spiro atoms. The Hall–Kier alpha value is -2.47. The highest BCUT2D eigenvalue weighted by atomic mass is 32.1. The molecular weight excluding hydrogens is 326 g/mol. The molecule has 0 radical (unpaired) electrons. The first-order valence-electron chi connectivity index (χ1n) is 7.88. The third kappa shape index (κ3) is 2.73. The molecule has 6 heteroatoms. The molecule has 24 heavy (non-hydrogen) atoms. The SMILES string of the molecule is CCCc1sc(C(=O)ON2C(=O)c3ccccc3C2=O)cc1CC. The van der Waals surface area contributed by atoms with Gasteiger partial charge in [0, 0.05) is 4.88 Å². The van der Waals surface area contributed by atoms with Crippen LogP contribution in [0.15, 0.2) is 30.3 Å². The summed E-state index contributed by atoms with van der Waals surface area (Å²) in [6.45, 7) is 4.11. The van der Waals surface area contributed by atoms with Crippen molar-refractivity contribution in [1.82, 2.24) is 5.06 Å². The standard InChI is InChI=1S/C18H17NO4S/c1-3-7-14-11(4-2)10-15(24-14)18(22)23-19-16(20)12-8-5-6-9-13(12)17(19)21/h5-6,8-10H,3-4,7H2,1-2H3. The summed E-state index contributed by atoms with van der Waals surface area (Å²) < 4.78 is 0. The van der Waals surface area contributed by atoms with Gasteiger partial charge in [-0.15, -0.1) is 11.3 Å². The fraction of sp³-hybridized carbons (Fsp3) is 0.278. The summed E-state index contributed by atoms with van der Waals surface area (Å²) in [5.41, 5.74) is 1.61. The number of imide groups is 1. The van der Waals surface area contributed by atoms with Crippen molar-refractivity contribution in [2.45, 2.75) is 33.1 Å². The number of benzene rings is 1. The van der Waals surface area contributed by atoms with E-state index in [2.05, 4.69) is 6.92 Å². The molecule has 1 aromatic heterocycles. The second kappa shape index (κ2) is 6.57.